The molecule has 226 valence electrons. The molecule has 2 amide bonds. The molecule has 0 saturated heterocycles. The molecule has 3 aromatic rings. The van der Waals surface area contributed by atoms with Gasteiger partial charge in [0, 0.05) is 22.5 Å². The Morgan fingerprint density at radius 1 is 1.00 bits per heavy atom. The second kappa shape index (κ2) is 15.5. The highest BCUT2D eigenvalue weighted by Gasteiger charge is 2.33. The van der Waals surface area contributed by atoms with Crippen LogP contribution in [-0.4, -0.2) is 57.1 Å². The van der Waals surface area contributed by atoms with E-state index in [9.17, 15) is 18.0 Å². The molecule has 0 aliphatic heterocycles. The zero-order valence-corrected chi connectivity index (χ0v) is 27.8. The van der Waals surface area contributed by atoms with Crippen molar-refractivity contribution in [2.24, 2.45) is 5.92 Å². The highest BCUT2D eigenvalue weighted by atomic mass is 79.9. The number of sulfonamides is 1. The first-order chi connectivity index (χ1) is 20.0. The van der Waals surface area contributed by atoms with Gasteiger partial charge in [-0.05, 0) is 80.1 Å². The largest absolute Gasteiger partial charge is 0.492 e. The van der Waals surface area contributed by atoms with E-state index in [1.54, 1.807) is 50.2 Å². The van der Waals surface area contributed by atoms with Crippen LogP contribution in [0, 0.1) is 5.92 Å². The maximum atomic E-state index is 14.1. The Labute approximate surface area is 262 Å². The lowest BCUT2D eigenvalue weighted by Gasteiger charge is -2.32. The number of halogens is 1. The number of nitrogens with one attached hydrogen (secondary N) is 1. The van der Waals surface area contributed by atoms with Crippen LogP contribution in [0.4, 0.5) is 5.69 Å². The van der Waals surface area contributed by atoms with Gasteiger partial charge < -0.3 is 15.0 Å². The van der Waals surface area contributed by atoms with Crippen LogP contribution in [0.1, 0.15) is 33.3 Å². The number of carbonyl (C=O) groups excluding carboxylic acids is 2. The molecule has 0 aromatic heterocycles. The van der Waals surface area contributed by atoms with Crippen molar-refractivity contribution in [3.63, 3.8) is 0 Å². The number of hydrogen-bond acceptors (Lipinski definition) is 6. The maximum absolute atomic E-state index is 14.1. The van der Waals surface area contributed by atoms with Crippen molar-refractivity contribution in [2.75, 3.05) is 30.3 Å². The van der Waals surface area contributed by atoms with Crippen LogP contribution in [-0.2, 0) is 26.2 Å². The first kappa shape index (κ1) is 33.5. The molecule has 3 aromatic carbocycles. The monoisotopic (exact) mass is 675 g/mol. The molecule has 42 heavy (non-hydrogen) atoms. The minimum absolute atomic E-state index is 0.0423. The quantitative estimate of drug-likeness (QED) is 0.212. The van der Waals surface area contributed by atoms with Crippen LogP contribution in [0.5, 0.6) is 5.75 Å². The molecule has 1 unspecified atom stereocenters. The Hall–Kier alpha value is -3.02. The Bertz CT molecular complexity index is 1470. The van der Waals surface area contributed by atoms with Gasteiger partial charge in [0.05, 0.1) is 17.2 Å². The van der Waals surface area contributed by atoms with Gasteiger partial charge >= 0.3 is 0 Å². The third-order valence-electron chi connectivity index (χ3n) is 6.45. The van der Waals surface area contributed by atoms with Crippen molar-refractivity contribution >= 4 is 55.2 Å². The van der Waals surface area contributed by atoms with Crippen LogP contribution < -0.4 is 14.4 Å². The third kappa shape index (κ3) is 8.75. The molecule has 3 rings (SSSR count). The number of nitrogens with zero attached hydrogens (tertiary/aromatic N) is 2. The van der Waals surface area contributed by atoms with Crippen molar-refractivity contribution in [3.8, 4) is 5.75 Å². The lowest BCUT2D eigenvalue weighted by molar-refractivity contribution is -0.139. The summed E-state index contributed by atoms with van der Waals surface area (Å²) in [6.07, 6.45) is 1.91. The highest BCUT2D eigenvalue weighted by Crippen LogP contribution is 2.33. The fourth-order valence-electron chi connectivity index (χ4n) is 4.20. The van der Waals surface area contributed by atoms with Gasteiger partial charge in [-0.25, -0.2) is 8.42 Å². The third-order valence-corrected chi connectivity index (χ3v) is 9.46. The van der Waals surface area contributed by atoms with E-state index in [-0.39, 0.29) is 29.0 Å². The molecule has 11 heteroatoms. The number of carbonyl (C=O) groups is 2. The van der Waals surface area contributed by atoms with Crippen LogP contribution in [0.2, 0.25) is 0 Å². The van der Waals surface area contributed by atoms with Crippen LogP contribution in [0.3, 0.4) is 0 Å². The highest BCUT2D eigenvalue weighted by molar-refractivity contribution is 9.10. The summed E-state index contributed by atoms with van der Waals surface area (Å²) < 4.78 is 35.9. The summed E-state index contributed by atoms with van der Waals surface area (Å²) in [5.41, 5.74) is 1.03. The van der Waals surface area contributed by atoms with Crippen molar-refractivity contribution < 1.29 is 22.7 Å². The second-order valence-corrected chi connectivity index (χ2v) is 13.7. The lowest BCUT2D eigenvalue weighted by Crippen LogP contribution is -2.51. The minimum atomic E-state index is -4.21. The fraction of sp³-hybridized carbons (Fsp3) is 0.355. The van der Waals surface area contributed by atoms with E-state index in [1.807, 2.05) is 44.4 Å². The van der Waals surface area contributed by atoms with Gasteiger partial charge in [0.2, 0.25) is 11.8 Å². The zero-order chi connectivity index (χ0) is 30.9. The lowest BCUT2D eigenvalue weighted by atomic mass is 10.1. The number of thioether (sulfide) groups is 1. The Balaban J connectivity index is 2.07. The van der Waals surface area contributed by atoms with Crippen LogP contribution in [0.15, 0.2) is 87.1 Å². The standard InChI is InChI=1S/C31H38BrN3O5S2/c1-6-40-29-13-8-7-12-28(29)35(42(38,39)27-16-14-26(41-5)15-17-27)21-30(36)34(20-24-10-9-11-25(32)18-24)23(4)31(37)33-19-22(2)3/h7-18,22-23H,6,19-21H2,1-5H3,(H,33,37). The fourth-order valence-corrected chi connectivity index (χ4v) is 6.48. The number of ether oxygens (including phenoxy) is 1. The minimum Gasteiger partial charge on any atom is -0.492 e. The number of benzene rings is 3. The number of anilines is 1. The van der Waals surface area contributed by atoms with Gasteiger partial charge in [0.15, 0.2) is 0 Å². The van der Waals surface area contributed by atoms with Crippen LogP contribution >= 0.6 is 27.7 Å². The number of amides is 2. The number of hydrogen-bond donors (Lipinski definition) is 1. The molecule has 0 fully saturated rings. The number of para-hydroxylation sites is 2. The Morgan fingerprint density at radius 3 is 2.31 bits per heavy atom. The molecule has 0 bridgehead atoms. The topological polar surface area (TPSA) is 96.0 Å². The van der Waals surface area contributed by atoms with Gasteiger partial charge in [0.1, 0.15) is 18.3 Å². The first-order valence-corrected chi connectivity index (χ1v) is 17.1. The average molecular weight is 677 g/mol. The summed E-state index contributed by atoms with van der Waals surface area (Å²) >= 11 is 4.97. The molecular formula is C31H38BrN3O5S2. The van der Waals surface area contributed by atoms with E-state index < -0.39 is 28.5 Å². The van der Waals surface area contributed by atoms with Crippen molar-refractivity contribution in [3.05, 3.63) is 82.8 Å². The molecular weight excluding hydrogens is 638 g/mol. The van der Waals surface area contributed by atoms with E-state index in [1.165, 1.54) is 28.8 Å². The van der Waals surface area contributed by atoms with E-state index in [2.05, 4.69) is 21.2 Å². The summed E-state index contributed by atoms with van der Waals surface area (Å²) in [7, 11) is -4.21. The second-order valence-electron chi connectivity index (χ2n) is 10.1. The SMILES string of the molecule is CCOc1ccccc1N(CC(=O)N(Cc1cccc(Br)c1)C(C)C(=O)NCC(C)C)S(=O)(=O)c1ccc(SC)cc1. The first-order valence-electron chi connectivity index (χ1n) is 13.7. The summed E-state index contributed by atoms with van der Waals surface area (Å²) in [6, 6.07) is 19.8. The Kier molecular flexibility index (Phi) is 12.3. The summed E-state index contributed by atoms with van der Waals surface area (Å²) in [6.45, 7) is 7.77. The van der Waals surface area contributed by atoms with E-state index in [0.717, 1.165) is 19.2 Å². The predicted octanol–water partition coefficient (Wildman–Crippen LogP) is 5.95. The Morgan fingerprint density at radius 2 is 1.69 bits per heavy atom. The maximum Gasteiger partial charge on any atom is 0.264 e. The van der Waals surface area contributed by atoms with Crippen LogP contribution in [0.25, 0.3) is 0 Å². The van der Waals surface area contributed by atoms with Gasteiger partial charge in [-0.3, -0.25) is 13.9 Å². The number of rotatable bonds is 14. The molecule has 0 aliphatic carbocycles. The van der Waals surface area contributed by atoms with E-state index in [0.29, 0.717) is 18.9 Å². The molecule has 0 saturated carbocycles. The summed E-state index contributed by atoms with van der Waals surface area (Å²) in [4.78, 5) is 29.7. The van der Waals surface area contributed by atoms with Gasteiger partial charge in [-0.2, -0.15) is 0 Å². The molecule has 0 heterocycles. The van der Waals surface area contributed by atoms with E-state index in [4.69, 9.17) is 4.74 Å². The van der Waals surface area contributed by atoms with Crippen molar-refractivity contribution in [1.82, 2.24) is 10.2 Å². The zero-order valence-electron chi connectivity index (χ0n) is 24.5. The molecule has 0 aliphatic rings. The molecule has 8 nitrogen and oxygen atoms in total. The van der Waals surface area contributed by atoms with Crippen molar-refractivity contribution in [2.45, 2.75) is 50.1 Å². The average Bonchev–Trinajstić information content (AvgIpc) is 2.97. The van der Waals surface area contributed by atoms with E-state index >= 15 is 0 Å². The molecule has 1 N–H and O–H groups in total. The normalized spacial score (nSPS) is 12.1. The van der Waals surface area contributed by atoms with Gasteiger partial charge in [-0.1, -0.05) is 54.0 Å². The van der Waals surface area contributed by atoms with Crippen molar-refractivity contribution in [1.29, 1.82) is 0 Å². The molecule has 0 radical (unpaired) electrons. The van der Waals surface area contributed by atoms with Gasteiger partial charge in [0.25, 0.3) is 10.0 Å². The predicted molar refractivity (Wildman–Crippen MR) is 172 cm³/mol. The van der Waals surface area contributed by atoms with Gasteiger partial charge in [-0.15, -0.1) is 11.8 Å². The summed E-state index contributed by atoms with van der Waals surface area (Å²) in [5, 5.41) is 2.90. The molecule has 0 spiro atoms. The molecule has 1 atom stereocenters. The summed E-state index contributed by atoms with van der Waals surface area (Å²) in [5.74, 6) is -0.288. The smallest absolute Gasteiger partial charge is 0.264 e.